The van der Waals surface area contributed by atoms with Gasteiger partial charge in [-0.15, -0.1) is 0 Å². The maximum absolute atomic E-state index is 2.28. The Bertz CT molecular complexity index is 434. The van der Waals surface area contributed by atoms with E-state index in [0.717, 1.165) is 0 Å². The summed E-state index contributed by atoms with van der Waals surface area (Å²) in [4.78, 5) is 1.52. The van der Waals surface area contributed by atoms with E-state index in [1.54, 1.807) is 0 Å². The van der Waals surface area contributed by atoms with Crippen LogP contribution >= 0.6 is 11.3 Å². The normalized spacial score (nSPS) is 10.7. The van der Waals surface area contributed by atoms with Crippen molar-refractivity contribution in [2.24, 2.45) is 0 Å². The number of benzene rings is 1. The van der Waals surface area contributed by atoms with Gasteiger partial charge in [-0.25, -0.2) is 0 Å². The molecule has 1 aromatic carbocycles. The molecule has 0 amide bonds. The lowest BCUT2D eigenvalue weighted by Gasteiger charge is -1.93. The largest absolute Gasteiger partial charge is 0.238 e. The van der Waals surface area contributed by atoms with Crippen molar-refractivity contribution in [1.82, 2.24) is 0 Å². The minimum Gasteiger partial charge on any atom is -0.0654 e. The van der Waals surface area contributed by atoms with Gasteiger partial charge in [0.05, 0.1) is 0 Å². The van der Waals surface area contributed by atoms with Gasteiger partial charge < -0.3 is 0 Å². The standard InChI is InChI=1S/C14H17S/c1-2-3-4-8-13-11-10-12-7-5-6-9-14(12)15-13/h5-7,9-11H,2-4,8H2,1H3/q+1. The van der Waals surface area contributed by atoms with E-state index in [1.807, 2.05) is 11.3 Å². The smallest absolute Gasteiger partial charge is 0.0654 e. The van der Waals surface area contributed by atoms with Crippen molar-refractivity contribution < 1.29 is 0 Å². The Morgan fingerprint density at radius 2 is 1.87 bits per heavy atom. The third-order valence-electron chi connectivity index (χ3n) is 2.64. The lowest BCUT2D eigenvalue weighted by atomic mass is 10.2. The summed E-state index contributed by atoms with van der Waals surface area (Å²) in [6, 6.07) is 13.1. The average molecular weight is 217 g/mol. The fourth-order valence-electron chi connectivity index (χ4n) is 1.75. The molecule has 0 nitrogen and oxygen atoms in total. The summed E-state index contributed by atoms with van der Waals surface area (Å²) < 4.78 is 1.41. The second kappa shape index (κ2) is 5.22. The van der Waals surface area contributed by atoms with E-state index in [9.17, 15) is 0 Å². The first-order chi connectivity index (χ1) is 7.40. The number of fused-ring (bicyclic) bond motifs is 1. The maximum Gasteiger partial charge on any atom is 0.238 e. The van der Waals surface area contributed by atoms with E-state index in [2.05, 4.69) is 43.3 Å². The summed E-state index contributed by atoms with van der Waals surface area (Å²) in [5.41, 5.74) is 0. The van der Waals surface area contributed by atoms with Gasteiger partial charge in [0, 0.05) is 17.9 Å². The molecule has 1 aromatic heterocycles. The second-order valence-corrected chi connectivity index (χ2v) is 5.06. The molecule has 2 aromatic rings. The molecule has 0 unspecified atom stereocenters. The predicted molar refractivity (Wildman–Crippen MR) is 69.5 cm³/mol. The molecule has 1 heteroatoms. The topological polar surface area (TPSA) is 0 Å². The molecule has 0 bridgehead atoms. The zero-order valence-corrected chi connectivity index (χ0v) is 10.0. The maximum atomic E-state index is 2.28. The molecule has 0 N–H and O–H groups in total. The van der Waals surface area contributed by atoms with Crippen LogP contribution in [-0.2, 0) is 6.42 Å². The minimum atomic E-state index is 1.24. The molecule has 0 aliphatic rings. The van der Waals surface area contributed by atoms with Crippen molar-refractivity contribution >= 4 is 21.4 Å². The minimum absolute atomic E-state index is 1.24. The molecular formula is C14H17S+. The average Bonchev–Trinajstić information content (AvgIpc) is 2.29. The van der Waals surface area contributed by atoms with Crippen LogP contribution in [0.25, 0.3) is 10.1 Å². The fraction of sp³-hybridized carbons (Fsp3) is 0.357. The number of unbranched alkanes of at least 4 members (excludes halogenated alkanes) is 2. The molecule has 0 spiro atoms. The molecular weight excluding hydrogens is 200 g/mol. The van der Waals surface area contributed by atoms with Crippen LogP contribution in [0.3, 0.4) is 0 Å². The van der Waals surface area contributed by atoms with Gasteiger partial charge in [0.2, 0.25) is 20.9 Å². The number of aryl methyl sites for hydroxylation is 1. The van der Waals surface area contributed by atoms with E-state index in [1.165, 1.54) is 40.6 Å². The van der Waals surface area contributed by atoms with Gasteiger partial charge in [-0.05, 0) is 24.6 Å². The fourth-order valence-corrected chi connectivity index (χ4v) is 2.82. The van der Waals surface area contributed by atoms with Gasteiger partial charge in [-0.2, -0.15) is 0 Å². The van der Waals surface area contributed by atoms with Gasteiger partial charge in [-0.3, -0.25) is 0 Å². The first-order valence-electron chi connectivity index (χ1n) is 5.71. The number of hydrogen-bond donors (Lipinski definition) is 0. The van der Waals surface area contributed by atoms with Crippen molar-refractivity contribution in [3.8, 4) is 0 Å². The van der Waals surface area contributed by atoms with Crippen LogP contribution in [0.4, 0.5) is 0 Å². The Morgan fingerprint density at radius 1 is 1.00 bits per heavy atom. The molecule has 0 radical (unpaired) electrons. The Kier molecular flexibility index (Phi) is 3.68. The third-order valence-corrected chi connectivity index (χ3v) is 3.83. The van der Waals surface area contributed by atoms with Crippen molar-refractivity contribution in [3.05, 3.63) is 41.3 Å². The van der Waals surface area contributed by atoms with E-state index < -0.39 is 0 Å². The summed E-state index contributed by atoms with van der Waals surface area (Å²) in [5, 5.41) is 1.36. The predicted octanol–water partition coefficient (Wildman–Crippen LogP) is 4.92. The molecule has 0 fully saturated rings. The molecule has 15 heavy (non-hydrogen) atoms. The Hall–Kier alpha value is -0.950. The van der Waals surface area contributed by atoms with Crippen LogP contribution in [0.5, 0.6) is 0 Å². The monoisotopic (exact) mass is 217 g/mol. The molecule has 0 aliphatic carbocycles. The highest BCUT2D eigenvalue weighted by molar-refractivity contribution is 7.18. The highest BCUT2D eigenvalue weighted by atomic mass is 32.1. The summed E-state index contributed by atoms with van der Waals surface area (Å²) in [7, 11) is 0. The van der Waals surface area contributed by atoms with Crippen molar-refractivity contribution in [2.45, 2.75) is 32.6 Å². The molecule has 0 saturated carbocycles. The summed E-state index contributed by atoms with van der Waals surface area (Å²) >= 11 is 1.94. The SMILES string of the molecule is CCCCCc1ccc2ccccc2[s+]1. The first-order valence-corrected chi connectivity index (χ1v) is 6.52. The molecule has 0 aliphatic heterocycles. The van der Waals surface area contributed by atoms with Crippen LogP contribution in [0.2, 0.25) is 0 Å². The molecule has 78 valence electrons. The van der Waals surface area contributed by atoms with Crippen molar-refractivity contribution in [1.29, 1.82) is 0 Å². The van der Waals surface area contributed by atoms with Gasteiger partial charge >= 0.3 is 0 Å². The lowest BCUT2D eigenvalue weighted by molar-refractivity contribution is 0.722. The first kappa shape index (κ1) is 10.6. The van der Waals surface area contributed by atoms with Crippen LogP contribution in [0.1, 0.15) is 31.1 Å². The summed E-state index contributed by atoms with van der Waals surface area (Å²) in [5.74, 6) is 0. The molecule has 0 atom stereocenters. The zero-order valence-electron chi connectivity index (χ0n) is 9.20. The van der Waals surface area contributed by atoms with E-state index in [-0.39, 0.29) is 0 Å². The molecule has 2 rings (SSSR count). The van der Waals surface area contributed by atoms with Crippen LogP contribution in [0, 0.1) is 0 Å². The highest BCUT2D eigenvalue weighted by Crippen LogP contribution is 2.23. The highest BCUT2D eigenvalue weighted by Gasteiger charge is 2.09. The van der Waals surface area contributed by atoms with Gasteiger partial charge in [0.1, 0.15) is 0 Å². The van der Waals surface area contributed by atoms with E-state index >= 15 is 0 Å². The van der Waals surface area contributed by atoms with Crippen LogP contribution < -0.4 is 0 Å². The van der Waals surface area contributed by atoms with Gasteiger partial charge in [0.15, 0.2) is 0 Å². The van der Waals surface area contributed by atoms with E-state index in [4.69, 9.17) is 0 Å². The third kappa shape index (κ3) is 2.75. The molecule has 1 heterocycles. The number of rotatable bonds is 4. The Balaban J connectivity index is 2.16. The molecule has 0 saturated heterocycles. The van der Waals surface area contributed by atoms with Crippen LogP contribution in [0.15, 0.2) is 36.4 Å². The summed E-state index contributed by atoms with van der Waals surface area (Å²) in [6.45, 7) is 2.25. The van der Waals surface area contributed by atoms with Crippen LogP contribution in [-0.4, -0.2) is 0 Å². The Morgan fingerprint density at radius 3 is 2.73 bits per heavy atom. The zero-order chi connectivity index (χ0) is 10.5. The lowest BCUT2D eigenvalue weighted by Crippen LogP contribution is -1.82. The van der Waals surface area contributed by atoms with Crippen molar-refractivity contribution in [3.63, 3.8) is 0 Å². The Labute approximate surface area is 95.6 Å². The number of hydrogen-bond acceptors (Lipinski definition) is 0. The van der Waals surface area contributed by atoms with E-state index in [0.29, 0.717) is 0 Å². The quantitative estimate of drug-likeness (QED) is 0.504. The summed E-state index contributed by atoms with van der Waals surface area (Å²) in [6.07, 6.45) is 5.21. The van der Waals surface area contributed by atoms with Gasteiger partial charge in [0.25, 0.3) is 0 Å². The van der Waals surface area contributed by atoms with Crippen molar-refractivity contribution in [2.75, 3.05) is 0 Å². The van der Waals surface area contributed by atoms with Gasteiger partial charge in [-0.1, -0.05) is 31.9 Å². The second-order valence-electron chi connectivity index (χ2n) is 3.90.